The SMILES string of the molecule is CCCCCC/C=C/CC/C=C/[C@@H](O)[C@H](COP(=O)(O)OCC[N+](C)(C)C)NC(=O)CCCCCCCCCCCC. The molecule has 0 saturated heterocycles. The minimum Gasteiger partial charge on any atom is -0.387 e. The number of aliphatic hydroxyl groups is 1. The fourth-order valence-electron chi connectivity index (χ4n) is 4.41. The summed E-state index contributed by atoms with van der Waals surface area (Å²) in [5.41, 5.74) is 0. The Morgan fingerprint density at radius 1 is 0.786 bits per heavy atom. The quantitative estimate of drug-likeness (QED) is 0.0342. The Balaban J connectivity index is 4.69. The summed E-state index contributed by atoms with van der Waals surface area (Å²) in [6.07, 6.45) is 26.7. The monoisotopic (exact) mass is 617 g/mol. The van der Waals surface area contributed by atoms with Crippen molar-refractivity contribution in [3.05, 3.63) is 24.3 Å². The van der Waals surface area contributed by atoms with Gasteiger partial charge in [0.25, 0.3) is 0 Å². The van der Waals surface area contributed by atoms with Crippen molar-refractivity contribution >= 4 is 13.7 Å². The van der Waals surface area contributed by atoms with E-state index in [1.807, 2.05) is 27.2 Å². The minimum atomic E-state index is -4.32. The van der Waals surface area contributed by atoms with E-state index in [2.05, 4.69) is 31.3 Å². The molecule has 0 radical (unpaired) electrons. The molecule has 0 aliphatic carbocycles. The molecule has 0 bridgehead atoms. The van der Waals surface area contributed by atoms with Crippen LogP contribution >= 0.6 is 7.82 Å². The number of nitrogens with one attached hydrogen (secondary N) is 1. The van der Waals surface area contributed by atoms with Gasteiger partial charge in [-0.25, -0.2) is 4.57 Å². The number of phosphoric acid groups is 1. The summed E-state index contributed by atoms with van der Waals surface area (Å²) in [5.74, 6) is -0.194. The zero-order valence-electron chi connectivity index (χ0n) is 27.7. The highest BCUT2D eigenvalue weighted by molar-refractivity contribution is 7.47. The average molecular weight is 618 g/mol. The van der Waals surface area contributed by atoms with Gasteiger partial charge in [-0.1, -0.05) is 115 Å². The van der Waals surface area contributed by atoms with Crippen molar-refractivity contribution < 1.29 is 32.9 Å². The topological polar surface area (TPSA) is 105 Å². The molecule has 3 N–H and O–H groups in total. The van der Waals surface area contributed by atoms with E-state index in [1.165, 1.54) is 70.6 Å². The van der Waals surface area contributed by atoms with E-state index in [0.29, 0.717) is 17.4 Å². The van der Waals surface area contributed by atoms with Crippen LogP contribution in [0.25, 0.3) is 0 Å². The van der Waals surface area contributed by atoms with Gasteiger partial charge in [-0.05, 0) is 32.1 Å². The molecule has 0 aromatic heterocycles. The molecule has 1 amide bonds. The third-order valence-corrected chi connectivity index (χ3v) is 8.16. The molecule has 0 aromatic carbocycles. The Labute approximate surface area is 258 Å². The van der Waals surface area contributed by atoms with Crippen molar-refractivity contribution in [3.8, 4) is 0 Å². The first-order valence-corrected chi connectivity index (χ1v) is 18.2. The molecule has 0 fully saturated rings. The molecule has 0 aliphatic rings. The fraction of sp³-hybridized carbons (Fsp3) is 0.848. The molecule has 1 unspecified atom stereocenters. The Kier molecular flexibility index (Phi) is 25.7. The first kappa shape index (κ1) is 41.0. The second-order valence-electron chi connectivity index (χ2n) is 12.5. The first-order valence-electron chi connectivity index (χ1n) is 16.7. The number of carbonyl (C=O) groups is 1. The van der Waals surface area contributed by atoms with Crippen LogP contribution in [0.15, 0.2) is 24.3 Å². The van der Waals surface area contributed by atoms with Gasteiger partial charge in [0.2, 0.25) is 5.91 Å². The number of amides is 1. The third-order valence-electron chi connectivity index (χ3n) is 7.17. The van der Waals surface area contributed by atoms with Gasteiger partial charge in [0.05, 0.1) is 39.9 Å². The number of carbonyl (C=O) groups excluding carboxylic acids is 1. The van der Waals surface area contributed by atoms with Crippen molar-refractivity contribution in [1.29, 1.82) is 0 Å². The lowest BCUT2D eigenvalue weighted by molar-refractivity contribution is -0.870. The van der Waals surface area contributed by atoms with E-state index in [0.717, 1.165) is 38.5 Å². The van der Waals surface area contributed by atoms with Gasteiger partial charge in [-0.2, -0.15) is 0 Å². The van der Waals surface area contributed by atoms with Gasteiger partial charge >= 0.3 is 7.82 Å². The molecular formula is C33H66N2O6P+. The van der Waals surface area contributed by atoms with Crippen LogP contribution in [0.2, 0.25) is 0 Å². The lowest BCUT2D eigenvalue weighted by Gasteiger charge is -2.25. The number of likely N-dealkylation sites (N-methyl/N-ethyl adjacent to an activating group) is 1. The number of allylic oxidation sites excluding steroid dienone is 3. The average Bonchev–Trinajstić information content (AvgIpc) is 2.92. The predicted molar refractivity (Wildman–Crippen MR) is 175 cm³/mol. The Morgan fingerprint density at radius 3 is 1.90 bits per heavy atom. The van der Waals surface area contributed by atoms with Crippen molar-refractivity contribution in [1.82, 2.24) is 5.32 Å². The van der Waals surface area contributed by atoms with Crippen LogP contribution in [0.3, 0.4) is 0 Å². The molecule has 0 saturated carbocycles. The van der Waals surface area contributed by atoms with Crippen LogP contribution in [-0.4, -0.2) is 73.4 Å². The summed E-state index contributed by atoms with van der Waals surface area (Å²) in [5, 5.41) is 13.6. The van der Waals surface area contributed by atoms with Crippen molar-refractivity contribution in [2.75, 3.05) is 40.9 Å². The van der Waals surface area contributed by atoms with Crippen LogP contribution in [0, 0.1) is 0 Å². The summed E-state index contributed by atoms with van der Waals surface area (Å²) < 4.78 is 23.3. The largest absolute Gasteiger partial charge is 0.472 e. The Hall–Kier alpha value is -1.02. The minimum absolute atomic E-state index is 0.0572. The van der Waals surface area contributed by atoms with Crippen LogP contribution in [0.4, 0.5) is 0 Å². The smallest absolute Gasteiger partial charge is 0.387 e. The van der Waals surface area contributed by atoms with Crippen LogP contribution in [-0.2, 0) is 18.4 Å². The molecule has 0 aliphatic heterocycles. The summed E-state index contributed by atoms with van der Waals surface area (Å²) in [6.45, 7) is 4.70. The number of nitrogens with zero attached hydrogens (tertiary/aromatic N) is 1. The van der Waals surface area contributed by atoms with E-state index in [-0.39, 0.29) is 19.1 Å². The van der Waals surface area contributed by atoms with E-state index in [1.54, 1.807) is 6.08 Å². The van der Waals surface area contributed by atoms with Gasteiger partial charge < -0.3 is 19.8 Å². The van der Waals surface area contributed by atoms with Crippen molar-refractivity contribution in [2.45, 2.75) is 142 Å². The van der Waals surface area contributed by atoms with Gasteiger partial charge in [0.15, 0.2) is 0 Å². The zero-order chi connectivity index (χ0) is 31.5. The number of phosphoric ester groups is 1. The fourth-order valence-corrected chi connectivity index (χ4v) is 5.14. The van der Waals surface area contributed by atoms with E-state index in [4.69, 9.17) is 9.05 Å². The van der Waals surface area contributed by atoms with Gasteiger partial charge in [-0.15, -0.1) is 0 Å². The molecular weight excluding hydrogens is 551 g/mol. The van der Waals surface area contributed by atoms with Crippen molar-refractivity contribution in [2.24, 2.45) is 0 Å². The molecule has 3 atom stereocenters. The highest BCUT2D eigenvalue weighted by Gasteiger charge is 2.27. The van der Waals surface area contributed by atoms with Gasteiger partial charge in [-0.3, -0.25) is 13.8 Å². The maximum absolute atomic E-state index is 12.7. The number of hydrogen-bond acceptors (Lipinski definition) is 5. The standard InChI is InChI=1S/C33H65N2O6P/c1-6-8-10-12-14-16-18-20-22-24-26-32(36)31(30-41-42(38,39)40-29-28-35(3,4)5)34-33(37)27-25-23-21-19-17-15-13-11-9-7-2/h16,18,24,26,31-32,36H,6-15,17,19-23,25,27-30H2,1-5H3,(H-,34,37,38,39)/p+1/b18-16+,26-24+/t31-,32+/m0/s1. The lowest BCUT2D eigenvalue weighted by Crippen LogP contribution is -2.45. The maximum Gasteiger partial charge on any atom is 0.472 e. The molecule has 9 heteroatoms. The number of quaternary nitrogens is 1. The third kappa shape index (κ3) is 27.8. The number of aliphatic hydroxyl groups excluding tert-OH is 1. The molecule has 0 heterocycles. The molecule has 0 spiro atoms. The lowest BCUT2D eigenvalue weighted by atomic mass is 10.1. The Bertz CT molecular complexity index is 753. The molecule has 0 aromatic rings. The highest BCUT2D eigenvalue weighted by Crippen LogP contribution is 2.43. The molecule has 248 valence electrons. The predicted octanol–water partition coefficient (Wildman–Crippen LogP) is 7.85. The maximum atomic E-state index is 12.7. The number of hydrogen-bond donors (Lipinski definition) is 3. The van der Waals surface area contributed by atoms with Crippen LogP contribution in [0.5, 0.6) is 0 Å². The van der Waals surface area contributed by atoms with Crippen molar-refractivity contribution in [3.63, 3.8) is 0 Å². The number of rotatable bonds is 29. The van der Waals surface area contributed by atoms with Gasteiger partial charge in [0, 0.05) is 6.42 Å². The second kappa shape index (κ2) is 26.4. The summed E-state index contributed by atoms with van der Waals surface area (Å²) in [6, 6.07) is -0.853. The van der Waals surface area contributed by atoms with Crippen LogP contribution < -0.4 is 5.32 Å². The van der Waals surface area contributed by atoms with E-state index >= 15 is 0 Å². The van der Waals surface area contributed by atoms with Crippen LogP contribution in [0.1, 0.15) is 129 Å². The first-order chi connectivity index (χ1) is 20.0. The Morgan fingerprint density at radius 2 is 1.31 bits per heavy atom. The van der Waals surface area contributed by atoms with E-state index < -0.39 is 20.0 Å². The van der Waals surface area contributed by atoms with Gasteiger partial charge in [0.1, 0.15) is 13.2 Å². The summed E-state index contributed by atoms with van der Waals surface area (Å²) in [4.78, 5) is 22.8. The highest BCUT2D eigenvalue weighted by atomic mass is 31.2. The summed E-state index contributed by atoms with van der Waals surface area (Å²) in [7, 11) is 1.55. The second-order valence-corrected chi connectivity index (χ2v) is 14.0. The normalized spacial score (nSPS) is 15.3. The molecule has 42 heavy (non-hydrogen) atoms. The molecule has 8 nitrogen and oxygen atoms in total. The van der Waals surface area contributed by atoms with E-state index in [9.17, 15) is 19.4 Å². The number of unbranched alkanes of at least 4 members (excludes halogenated alkanes) is 14. The molecule has 0 rings (SSSR count). The summed E-state index contributed by atoms with van der Waals surface area (Å²) >= 11 is 0. The zero-order valence-corrected chi connectivity index (χ0v) is 28.6.